The quantitative estimate of drug-likeness (QED) is 0.461. The second kappa shape index (κ2) is 8.58. The number of nitrogens with zero attached hydrogens (tertiary/aromatic N) is 1. The second-order valence-corrected chi connectivity index (χ2v) is 7.30. The van der Waals surface area contributed by atoms with Gasteiger partial charge in [0.1, 0.15) is 0 Å². The normalized spacial score (nSPS) is 17.1. The lowest BCUT2D eigenvalue weighted by Gasteiger charge is -2.17. The molecule has 1 aliphatic rings. The number of methoxy groups -OCH3 is 1. The van der Waals surface area contributed by atoms with Gasteiger partial charge in [-0.1, -0.05) is 13.0 Å². The monoisotopic (exact) mass is 425 g/mol. The van der Waals surface area contributed by atoms with Crippen LogP contribution in [0, 0.1) is 0 Å². The molecule has 0 spiro atoms. The number of hydrogen-bond acceptors (Lipinski definition) is 5. The van der Waals surface area contributed by atoms with Crippen molar-refractivity contribution < 1.29 is 19.1 Å². The predicted molar refractivity (Wildman–Crippen MR) is 104 cm³/mol. The number of imide groups is 1. The van der Waals surface area contributed by atoms with Crippen LogP contribution in [-0.2, 0) is 4.79 Å². The van der Waals surface area contributed by atoms with E-state index in [0.29, 0.717) is 16.4 Å². The van der Waals surface area contributed by atoms with Crippen molar-refractivity contribution in [3.05, 3.63) is 39.7 Å². The fourth-order valence-corrected chi connectivity index (χ4v) is 3.56. The number of amides is 2. The molecule has 1 saturated heterocycles. The molecule has 1 atom stereocenters. The summed E-state index contributed by atoms with van der Waals surface area (Å²) in [6, 6.07) is 3.62. The Kier molecular flexibility index (Phi) is 6.72. The largest absolute Gasteiger partial charge is 0.493 e. The Bertz CT molecular complexity index is 732. The number of halogens is 1. The van der Waals surface area contributed by atoms with Crippen LogP contribution in [0.25, 0.3) is 6.08 Å². The van der Waals surface area contributed by atoms with Crippen molar-refractivity contribution in [2.45, 2.75) is 26.4 Å². The van der Waals surface area contributed by atoms with Crippen LogP contribution in [0.3, 0.4) is 0 Å². The molecule has 1 fully saturated rings. The lowest BCUT2D eigenvalue weighted by atomic mass is 10.1. The Morgan fingerprint density at radius 3 is 2.72 bits per heavy atom. The van der Waals surface area contributed by atoms with Crippen molar-refractivity contribution >= 4 is 44.9 Å². The number of benzene rings is 1. The van der Waals surface area contributed by atoms with E-state index in [1.165, 1.54) is 6.08 Å². The maximum Gasteiger partial charge on any atom is 0.293 e. The lowest BCUT2D eigenvalue weighted by Crippen LogP contribution is -2.27. The first-order valence-corrected chi connectivity index (χ1v) is 9.42. The van der Waals surface area contributed by atoms with E-state index in [0.717, 1.165) is 33.1 Å². The van der Waals surface area contributed by atoms with Gasteiger partial charge in [0.25, 0.3) is 11.1 Å². The van der Waals surface area contributed by atoms with Crippen molar-refractivity contribution in [1.29, 1.82) is 0 Å². The summed E-state index contributed by atoms with van der Waals surface area (Å²) in [4.78, 5) is 25.7. The maximum atomic E-state index is 12.3. The second-order valence-electron chi connectivity index (χ2n) is 5.45. The number of thioether (sulfide) groups is 1. The molecule has 0 unspecified atom stereocenters. The van der Waals surface area contributed by atoms with Gasteiger partial charge in [-0.3, -0.25) is 14.5 Å². The van der Waals surface area contributed by atoms with Gasteiger partial charge in [0.2, 0.25) is 0 Å². The molecule has 134 valence electrons. The first-order chi connectivity index (χ1) is 11.9. The number of ether oxygens (including phenoxy) is 2. The standard InChI is InChI=1S/C18H20BrNO4S/c1-5-7-20-17(21)15(25-18(20)22)10-12-8-13(19)16(14(9-12)23-4)24-11(3)6-2/h5,8-11H,1,6-7H2,2-4H3/b15-10+/t11-/m1/s1. The summed E-state index contributed by atoms with van der Waals surface area (Å²) in [5, 5.41) is -0.293. The summed E-state index contributed by atoms with van der Waals surface area (Å²) in [6.07, 6.45) is 4.12. The number of rotatable bonds is 7. The van der Waals surface area contributed by atoms with Crippen molar-refractivity contribution in [3.8, 4) is 11.5 Å². The molecule has 2 rings (SSSR count). The molecule has 0 saturated carbocycles. The molecule has 1 aromatic rings. The Labute approximate surface area is 160 Å². The van der Waals surface area contributed by atoms with Crippen LogP contribution in [0.15, 0.2) is 34.2 Å². The van der Waals surface area contributed by atoms with E-state index in [9.17, 15) is 9.59 Å². The van der Waals surface area contributed by atoms with Crippen molar-refractivity contribution in [2.24, 2.45) is 0 Å². The van der Waals surface area contributed by atoms with Gasteiger partial charge in [-0.2, -0.15) is 0 Å². The van der Waals surface area contributed by atoms with Crippen LogP contribution in [0.4, 0.5) is 4.79 Å². The summed E-state index contributed by atoms with van der Waals surface area (Å²) < 4.78 is 12.0. The van der Waals surface area contributed by atoms with Gasteiger partial charge in [0, 0.05) is 6.54 Å². The Balaban J connectivity index is 2.35. The highest BCUT2D eigenvalue weighted by Crippen LogP contribution is 2.39. The first-order valence-electron chi connectivity index (χ1n) is 7.81. The molecule has 0 radical (unpaired) electrons. The number of carbonyl (C=O) groups excluding carboxylic acids is 2. The molecule has 25 heavy (non-hydrogen) atoms. The molecular formula is C18H20BrNO4S. The highest BCUT2D eigenvalue weighted by atomic mass is 79.9. The van der Waals surface area contributed by atoms with Gasteiger partial charge < -0.3 is 9.47 Å². The van der Waals surface area contributed by atoms with Crippen molar-refractivity contribution in [2.75, 3.05) is 13.7 Å². The van der Waals surface area contributed by atoms with Crippen molar-refractivity contribution in [1.82, 2.24) is 4.90 Å². The van der Waals surface area contributed by atoms with Gasteiger partial charge in [-0.05, 0) is 64.8 Å². The Morgan fingerprint density at radius 2 is 2.12 bits per heavy atom. The van der Waals surface area contributed by atoms with E-state index in [4.69, 9.17) is 9.47 Å². The number of carbonyl (C=O) groups is 2. The van der Waals surface area contributed by atoms with Crippen LogP contribution in [0.5, 0.6) is 11.5 Å². The highest BCUT2D eigenvalue weighted by molar-refractivity contribution is 9.10. The fraction of sp³-hybridized carbons (Fsp3) is 0.333. The minimum Gasteiger partial charge on any atom is -0.493 e. The van der Waals surface area contributed by atoms with E-state index in [-0.39, 0.29) is 23.8 Å². The maximum absolute atomic E-state index is 12.3. The zero-order valence-electron chi connectivity index (χ0n) is 14.4. The molecule has 0 aliphatic carbocycles. The minimum absolute atomic E-state index is 0.0476. The van der Waals surface area contributed by atoms with Crippen molar-refractivity contribution in [3.63, 3.8) is 0 Å². The van der Waals surface area contributed by atoms with E-state index < -0.39 is 0 Å². The molecule has 7 heteroatoms. The van der Waals surface area contributed by atoms with Gasteiger partial charge in [-0.15, -0.1) is 6.58 Å². The molecule has 2 amide bonds. The van der Waals surface area contributed by atoms with Gasteiger partial charge >= 0.3 is 0 Å². The Hall–Kier alpha value is -1.73. The average Bonchev–Trinajstić information content (AvgIpc) is 2.84. The third-order valence-electron chi connectivity index (χ3n) is 3.63. The SMILES string of the molecule is C=CCN1C(=O)S/C(=C/c2cc(Br)c(O[C@H](C)CC)c(OC)c2)C1=O. The lowest BCUT2D eigenvalue weighted by molar-refractivity contribution is -0.122. The van der Waals surface area contributed by atoms with E-state index >= 15 is 0 Å². The topological polar surface area (TPSA) is 55.8 Å². The van der Waals surface area contributed by atoms with Gasteiger partial charge in [0.15, 0.2) is 11.5 Å². The van der Waals surface area contributed by atoms with E-state index in [1.54, 1.807) is 19.3 Å². The molecule has 1 heterocycles. The third kappa shape index (κ3) is 4.46. The molecular weight excluding hydrogens is 406 g/mol. The molecule has 0 aromatic heterocycles. The van der Waals surface area contributed by atoms with E-state index in [2.05, 4.69) is 22.5 Å². The highest BCUT2D eigenvalue weighted by Gasteiger charge is 2.34. The Morgan fingerprint density at radius 1 is 1.40 bits per heavy atom. The minimum atomic E-state index is -0.315. The predicted octanol–water partition coefficient (Wildman–Crippen LogP) is 4.86. The molecule has 1 aromatic carbocycles. The van der Waals surface area contributed by atoms with Crippen LogP contribution in [-0.4, -0.2) is 35.8 Å². The van der Waals surface area contributed by atoms with Gasteiger partial charge in [-0.25, -0.2) is 0 Å². The molecule has 0 N–H and O–H groups in total. The summed E-state index contributed by atoms with van der Waals surface area (Å²) in [5.41, 5.74) is 0.740. The van der Waals surface area contributed by atoms with E-state index in [1.807, 2.05) is 19.9 Å². The summed E-state index contributed by atoms with van der Waals surface area (Å²) in [6.45, 7) is 7.79. The zero-order valence-corrected chi connectivity index (χ0v) is 16.8. The van der Waals surface area contributed by atoms with Crippen LogP contribution in [0.2, 0.25) is 0 Å². The summed E-state index contributed by atoms with van der Waals surface area (Å²) in [5.74, 6) is 0.866. The van der Waals surface area contributed by atoms with Crippen LogP contribution >= 0.6 is 27.7 Å². The zero-order chi connectivity index (χ0) is 18.6. The van der Waals surface area contributed by atoms with Gasteiger partial charge in [0.05, 0.1) is 22.6 Å². The third-order valence-corrected chi connectivity index (χ3v) is 5.13. The average molecular weight is 426 g/mol. The smallest absolute Gasteiger partial charge is 0.293 e. The summed E-state index contributed by atoms with van der Waals surface area (Å²) in [7, 11) is 1.56. The number of hydrogen-bond donors (Lipinski definition) is 0. The van der Waals surface area contributed by atoms with Crippen LogP contribution < -0.4 is 9.47 Å². The first kappa shape index (κ1) is 19.6. The molecule has 1 aliphatic heterocycles. The molecule has 0 bridgehead atoms. The molecule has 5 nitrogen and oxygen atoms in total. The summed E-state index contributed by atoms with van der Waals surface area (Å²) >= 11 is 4.41. The van der Waals surface area contributed by atoms with Crippen LogP contribution in [0.1, 0.15) is 25.8 Å². The fourth-order valence-electron chi connectivity index (χ4n) is 2.16.